The lowest BCUT2D eigenvalue weighted by molar-refractivity contribution is 1.26. The van der Waals surface area contributed by atoms with Crippen molar-refractivity contribution in [2.24, 2.45) is 0 Å². The summed E-state index contributed by atoms with van der Waals surface area (Å²) < 4.78 is 0. The first kappa shape index (κ1) is 56.5. The van der Waals surface area contributed by atoms with Crippen molar-refractivity contribution in [2.75, 3.05) is 19.6 Å². The lowest BCUT2D eigenvalue weighted by Gasteiger charge is -2.35. The summed E-state index contributed by atoms with van der Waals surface area (Å²) in [7, 11) is 0. The van der Waals surface area contributed by atoms with Gasteiger partial charge in [-0.05, 0) is 109 Å². The Bertz CT molecular complexity index is 5540. The minimum Gasteiger partial charge on any atom is -0.308 e. The Labute approximate surface area is 572 Å². The van der Waals surface area contributed by atoms with Gasteiger partial charge in [0.25, 0.3) is 0 Å². The largest absolute Gasteiger partial charge is 0.308 e. The van der Waals surface area contributed by atoms with Gasteiger partial charge in [-0.15, -0.1) is 0 Å². The molecule has 0 unspecified atom stereocenters. The highest BCUT2D eigenvalue weighted by Crippen LogP contribution is 2.58. The number of fused-ring (bicyclic) bond motifs is 8. The highest BCUT2D eigenvalue weighted by molar-refractivity contribution is 6.34. The molecule has 0 saturated carbocycles. The van der Waals surface area contributed by atoms with E-state index < -0.39 is 0 Å². The van der Waals surface area contributed by atoms with Gasteiger partial charge in [0.15, 0.2) is 0 Å². The van der Waals surface area contributed by atoms with Crippen molar-refractivity contribution in [3.05, 3.63) is 329 Å². The molecular formula is C88H54N12. The zero-order valence-electron chi connectivity index (χ0n) is 53.5. The fourth-order valence-electron chi connectivity index (χ4n) is 15.4. The molecule has 20 aromatic rings. The maximum absolute atomic E-state index is 5.03. The van der Waals surface area contributed by atoms with Crippen molar-refractivity contribution in [1.29, 1.82) is 0 Å². The van der Waals surface area contributed by atoms with Crippen molar-refractivity contribution in [1.82, 2.24) is 39.9 Å². The summed E-state index contributed by atoms with van der Waals surface area (Å²) in [6.07, 6.45) is 15.5. The molecule has 0 amide bonds. The minimum atomic E-state index is 0.864. The molecule has 466 valence electrons. The molecule has 12 aromatic carbocycles. The number of hydrogen-bond acceptors (Lipinski definition) is 12. The van der Waals surface area contributed by atoms with Crippen LogP contribution in [0, 0.1) is 0 Å². The van der Waals surface area contributed by atoms with Crippen molar-refractivity contribution >= 4 is 188 Å². The van der Waals surface area contributed by atoms with Gasteiger partial charge in [0.05, 0.1) is 112 Å². The third-order valence-electron chi connectivity index (χ3n) is 19.7. The fourth-order valence-corrected chi connectivity index (χ4v) is 15.4. The molecule has 0 bridgehead atoms. The quantitative estimate of drug-likeness (QED) is 0.108. The average Bonchev–Trinajstić information content (AvgIpc) is 0.696. The van der Waals surface area contributed by atoms with Crippen LogP contribution in [0.1, 0.15) is 0 Å². The van der Waals surface area contributed by atoms with Crippen LogP contribution in [0.2, 0.25) is 0 Å². The van der Waals surface area contributed by atoms with Crippen molar-refractivity contribution in [3.63, 3.8) is 0 Å². The van der Waals surface area contributed by atoms with Gasteiger partial charge in [-0.1, -0.05) is 170 Å². The second-order valence-corrected chi connectivity index (χ2v) is 25.0. The van der Waals surface area contributed by atoms with Crippen LogP contribution in [0.4, 0.5) is 68.2 Å². The van der Waals surface area contributed by atoms with Crippen LogP contribution in [0.15, 0.2) is 329 Å². The van der Waals surface area contributed by atoms with Gasteiger partial charge >= 0.3 is 0 Å². The summed E-state index contributed by atoms with van der Waals surface area (Å²) >= 11 is 0. The Hall–Kier alpha value is -13.8. The van der Waals surface area contributed by atoms with Crippen LogP contribution in [-0.4, -0.2) is 39.9 Å². The van der Waals surface area contributed by atoms with Crippen LogP contribution in [-0.2, 0) is 0 Å². The number of nitrogens with zero attached hydrogens (tertiary/aromatic N) is 12. The molecule has 20 rings (SSSR count). The summed E-state index contributed by atoms with van der Waals surface area (Å²) in [6.45, 7) is 0. The van der Waals surface area contributed by atoms with E-state index in [1.54, 1.807) is 0 Å². The highest BCUT2D eigenvalue weighted by Gasteiger charge is 2.33. The Morgan fingerprint density at radius 1 is 0.140 bits per heavy atom. The lowest BCUT2D eigenvalue weighted by Crippen LogP contribution is -2.17. The average molecular weight is 1280 g/mol. The lowest BCUT2D eigenvalue weighted by atomic mass is 9.88. The molecule has 0 aliphatic heterocycles. The molecule has 100 heavy (non-hydrogen) atoms. The van der Waals surface area contributed by atoms with Crippen LogP contribution < -0.4 is 19.6 Å². The van der Waals surface area contributed by atoms with Gasteiger partial charge in [0.1, 0.15) is 0 Å². The number of aromatic nitrogens is 8. The molecule has 0 aliphatic rings. The molecule has 0 saturated heterocycles. The number of hydrogen-bond donors (Lipinski definition) is 0. The topological polar surface area (TPSA) is 116 Å². The first-order valence-electron chi connectivity index (χ1n) is 33.4. The van der Waals surface area contributed by atoms with Crippen molar-refractivity contribution in [3.8, 4) is 0 Å². The summed E-state index contributed by atoms with van der Waals surface area (Å²) in [5, 5.41) is 13.9. The minimum absolute atomic E-state index is 0.864. The molecule has 8 heterocycles. The number of benzene rings is 12. The molecule has 12 heteroatoms. The van der Waals surface area contributed by atoms with E-state index in [-0.39, 0.29) is 0 Å². The van der Waals surface area contributed by atoms with Gasteiger partial charge in [0.2, 0.25) is 0 Å². The van der Waals surface area contributed by atoms with E-state index >= 15 is 0 Å². The van der Waals surface area contributed by atoms with Gasteiger partial charge in [-0.25, -0.2) is 0 Å². The second kappa shape index (κ2) is 22.9. The van der Waals surface area contributed by atoms with Crippen LogP contribution in [0.5, 0.6) is 0 Å². The highest BCUT2D eigenvalue weighted by atomic mass is 15.2. The number of rotatable bonds is 12. The summed E-state index contributed by atoms with van der Waals surface area (Å²) in [6, 6.07) is 99.0. The molecule has 8 aromatic heterocycles. The summed E-state index contributed by atoms with van der Waals surface area (Å²) in [4.78, 5) is 50.1. The van der Waals surface area contributed by atoms with Crippen LogP contribution in [0.25, 0.3) is 120 Å². The van der Waals surface area contributed by atoms with E-state index in [0.717, 1.165) is 188 Å². The Balaban J connectivity index is 1.03. The standard InChI is InChI=1S/C88H54N12/c1-9-25-67-55(17-1)75(37-45-89-67)97(76-38-46-90-68-26-10-2-18-56(68)76)83-53-84(98(77-39-47-91-69-27-11-3-19-57(69)77)78-40-48-92-70-28-12-4-20-58(70)78)64-35-36-66-86(100(81-43-51-95-73-31-15-7-23-61(73)81)82-44-52-96-74-32-16-8-24-62(74)82)54-85(65-34-33-63(83)87(64)88(65)66)99(79-41-49-93-71-29-13-5-21-59(71)79)80-42-50-94-72-30-14-6-22-60(72)80/h1-54H. The Morgan fingerprint density at radius 3 is 0.450 bits per heavy atom. The summed E-state index contributed by atoms with van der Waals surface area (Å²) in [5.41, 5.74) is 18.2. The third kappa shape index (κ3) is 8.87. The van der Waals surface area contributed by atoms with E-state index in [9.17, 15) is 0 Å². The van der Waals surface area contributed by atoms with Gasteiger partial charge in [-0.3, -0.25) is 39.9 Å². The number of para-hydroxylation sites is 8. The predicted molar refractivity (Wildman–Crippen MR) is 411 cm³/mol. The van der Waals surface area contributed by atoms with Crippen molar-refractivity contribution < 1.29 is 0 Å². The monoisotopic (exact) mass is 1280 g/mol. The molecule has 0 radical (unpaired) electrons. The maximum atomic E-state index is 5.03. The molecule has 0 fully saturated rings. The maximum Gasteiger partial charge on any atom is 0.0723 e. The van der Waals surface area contributed by atoms with E-state index in [0.29, 0.717) is 0 Å². The molecule has 0 spiro atoms. The van der Waals surface area contributed by atoms with E-state index in [4.69, 9.17) is 39.9 Å². The normalized spacial score (nSPS) is 11.8. The molecule has 0 aliphatic carbocycles. The van der Waals surface area contributed by atoms with Gasteiger partial charge < -0.3 is 19.6 Å². The Morgan fingerprint density at radius 2 is 0.290 bits per heavy atom. The van der Waals surface area contributed by atoms with Gasteiger partial charge in [-0.2, -0.15) is 0 Å². The van der Waals surface area contributed by atoms with Gasteiger partial charge in [0, 0.05) is 125 Å². The first-order valence-corrected chi connectivity index (χ1v) is 33.4. The van der Waals surface area contributed by atoms with E-state index in [2.05, 4.69) is 299 Å². The molecule has 0 N–H and O–H groups in total. The number of anilines is 12. The van der Waals surface area contributed by atoms with Crippen LogP contribution >= 0.6 is 0 Å². The Kier molecular flexibility index (Phi) is 13.0. The zero-order valence-corrected chi connectivity index (χ0v) is 53.5. The SMILES string of the molecule is c1ccc2c(N(c3ccnc4ccccc34)c3cc(N(c4ccnc5ccccc45)c4ccnc5ccccc45)c4ccc5c(N(c6ccnc7ccccc67)c6ccnc7ccccc67)cc(N(c6ccnc7ccccc67)c6ccnc7ccccc67)c6ccc3c4c65)ccnc2c1. The fraction of sp³-hybridized carbons (Fsp3) is 0. The predicted octanol–water partition coefficient (Wildman–Crippen LogP) is 22.8. The zero-order chi connectivity index (χ0) is 65.8. The van der Waals surface area contributed by atoms with Crippen molar-refractivity contribution in [2.45, 2.75) is 0 Å². The first-order chi connectivity index (χ1) is 49.7. The molecule has 12 nitrogen and oxygen atoms in total. The second-order valence-electron chi connectivity index (χ2n) is 25.0. The van der Waals surface area contributed by atoms with E-state index in [1.165, 1.54) is 0 Å². The van der Waals surface area contributed by atoms with E-state index in [1.807, 2.05) is 49.6 Å². The molecule has 0 atom stereocenters. The third-order valence-corrected chi connectivity index (χ3v) is 19.7. The summed E-state index contributed by atoms with van der Waals surface area (Å²) in [5.74, 6) is 0. The number of pyridine rings is 8. The van der Waals surface area contributed by atoms with Crippen LogP contribution in [0.3, 0.4) is 0 Å². The molecular weight excluding hydrogens is 1230 g/mol. The smallest absolute Gasteiger partial charge is 0.0723 e.